The van der Waals surface area contributed by atoms with Crippen molar-refractivity contribution in [2.24, 2.45) is 0 Å². The number of ether oxygens (including phenoxy) is 1. The van der Waals surface area contributed by atoms with Gasteiger partial charge in [-0.2, -0.15) is 0 Å². The van der Waals surface area contributed by atoms with Crippen LogP contribution >= 0.6 is 15.9 Å². The average molecular weight is 280 g/mol. The quantitative estimate of drug-likeness (QED) is 0.842. The van der Waals surface area contributed by atoms with E-state index in [2.05, 4.69) is 32.0 Å². The zero-order valence-electron chi connectivity index (χ0n) is 8.46. The summed E-state index contributed by atoms with van der Waals surface area (Å²) in [7, 11) is 0. The van der Waals surface area contributed by atoms with E-state index < -0.39 is 0 Å². The summed E-state index contributed by atoms with van der Waals surface area (Å²) >= 11 is 3.41. The topological polar surface area (TPSA) is 63.9 Å². The molecule has 2 aromatic rings. The fourth-order valence-electron chi connectivity index (χ4n) is 1.89. The highest BCUT2D eigenvalue weighted by Gasteiger charge is 2.15. The Morgan fingerprint density at radius 2 is 2.31 bits per heavy atom. The van der Waals surface area contributed by atoms with Gasteiger partial charge in [0.25, 0.3) is 0 Å². The van der Waals surface area contributed by atoms with Crippen molar-refractivity contribution in [3.8, 4) is 17.0 Å². The highest BCUT2D eigenvalue weighted by Crippen LogP contribution is 2.32. The van der Waals surface area contributed by atoms with Gasteiger partial charge >= 0.3 is 0 Å². The molecule has 1 aliphatic heterocycles. The van der Waals surface area contributed by atoms with Crippen LogP contribution in [0.15, 0.2) is 22.8 Å². The van der Waals surface area contributed by atoms with Gasteiger partial charge in [0, 0.05) is 12.0 Å². The number of rotatable bonds is 1. The Hall–Kier alpha value is -1.49. The number of anilines is 1. The van der Waals surface area contributed by atoms with Gasteiger partial charge in [-0.25, -0.2) is 4.98 Å². The Morgan fingerprint density at radius 3 is 3.06 bits per heavy atom. The van der Waals surface area contributed by atoms with Crippen molar-refractivity contribution in [3.63, 3.8) is 0 Å². The van der Waals surface area contributed by atoms with Gasteiger partial charge in [-0.15, -0.1) is 0 Å². The second kappa shape index (κ2) is 3.52. The van der Waals surface area contributed by atoms with E-state index in [0.29, 0.717) is 5.95 Å². The summed E-state index contributed by atoms with van der Waals surface area (Å²) in [6, 6.07) is 6.07. The van der Waals surface area contributed by atoms with Gasteiger partial charge in [0.15, 0.2) is 5.95 Å². The summed E-state index contributed by atoms with van der Waals surface area (Å²) in [4.78, 5) is 7.17. The summed E-state index contributed by atoms with van der Waals surface area (Å²) in [5.74, 6) is 1.39. The molecule has 2 heterocycles. The van der Waals surface area contributed by atoms with E-state index in [1.165, 1.54) is 5.56 Å². The Morgan fingerprint density at radius 1 is 1.44 bits per heavy atom. The lowest BCUT2D eigenvalue weighted by Crippen LogP contribution is -1.86. The number of benzene rings is 1. The van der Waals surface area contributed by atoms with E-state index in [-0.39, 0.29) is 0 Å². The van der Waals surface area contributed by atoms with Crippen molar-refractivity contribution in [1.29, 1.82) is 0 Å². The second-order valence-corrected chi connectivity index (χ2v) is 4.50. The molecule has 82 valence electrons. The first-order chi connectivity index (χ1) is 7.74. The average Bonchev–Trinajstić information content (AvgIpc) is 2.83. The minimum absolute atomic E-state index is 0.415. The molecular formula is C11H10BrN3O. The number of nitrogen functional groups attached to an aromatic ring is 1. The Kier molecular flexibility index (Phi) is 2.14. The fraction of sp³-hybridized carbons (Fsp3) is 0.182. The molecule has 16 heavy (non-hydrogen) atoms. The van der Waals surface area contributed by atoms with Crippen LogP contribution in [0.1, 0.15) is 5.56 Å². The minimum Gasteiger partial charge on any atom is -0.493 e. The fourth-order valence-corrected chi connectivity index (χ4v) is 2.41. The lowest BCUT2D eigenvalue weighted by molar-refractivity contribution is 0.357. The number of aromatic amines is 1. The molecule has 4 nitrogen and oxygen atoms in total. The zero-order chi connectivity index (χ0) is 11.1. The van der Waals surface area contributed by atoms with E-state index in [9.17, 15) is 0 Å². The number of hydrogen-bond acceptors (Lipinski definition) is 3. The maximum atomic E-state index is 5.61. The van der Waals surface area contributed by atoms with Gasteiger partial charge in [0.2, 0.25) is 0 Å². The molecule has 3 N–H and O–H groups in total. The van der Waals surface area contributed by atoms with E-state index in [4.69, 9.17) is 10.5 Å². The Bertz CT molecular complexity index is 550. The van der Waals surface area contributed by atoms with Crippen molar-refractivity contribution >= 4 is 21.9 Å². The van der Waals surface area contributed by atoms with Crippen LogP contribution in [0, 0.1) is 0 Å². The molecule has 0 fully saturated rings. The van der Waals surface area contributed by atoms with Crippen LogP contribution in [0.3, 0.4) is 0 Å². The van der Waals surface area contributed by atoms with Gasteiger partial charge in [-0.1, -0.05) is 0 Å². The molecule has 0 unspecified atom stereocenters. The van der Waals surface area contributed by atoms with Gasteiger partial charge in [0.1, 0.15) is 16.0 Å². The maximum absolute atomic E-state index is 5.61. The summed E-state index contributed by atoms with van der Waals surface area (Å²) in [5.41, 5.74) is 8.72. The number of imidazole rings is 1. The van der Waals surface area contributed by atoms with Crippen molar-refractivity contribution in [2.45, 2.75) is 6.42 Å². The second-order valence-electron chi connectivity index (χ2n) is 3.71. The highest BCUT2D eigenvalue weighted by molar-refractivity contribution is 9.10. The van der Waals surface area contributed by atoms with Crippen LogP contribution in [-0.4, -0.2) is 16.6 Å². The molecule has 1 aliphatic rings. The number of nitrogens with zero attached hydrogens (tertiary/aromatic N) is 1. The number of fused-ring (bicyclic) bond motifs is 1. The smallest absolute Gasteiger partial charge is 0.198 e. The third-order valence-electron chi connectivity index (χ3n) is 2.64. The van der Waals surface area contributed by atoms with E-state index in [1.54, 1.807) is 0 Å². The van der Waals surface area contributed by atoms with E-state index in [0.717, 1.165) is 34.6 Å². The largest absolute Gasteiger partial charge is 0.493 e. The molecule has 0 saturated carbocycles. The lowest BCUT2D eigenvalue weighted by atomic mass is 10.1. The first-order valence-electron chi connectivity index (χ1n) is 5.01. The molecule has 5 heteroatoms. The predicted molar refractivity (Wildman–Crippen MR) is 65.3 cm³/mol. The molecule has 0 spiro atoms. The number of nitrogens with two attached hydrogens (primary N) is 1. The van der Waals surface area contributed by atoms with E-state index in [1.807, 2.05) is 12.1 Å². The number of nitrogens with one attached hydrogen (secondary N) is 1. The number of halogens is 1. The molecule has 0 amide bonds. The number of aromatic nitrogens is 2. The molecule has 1 aromatic heterocycles. The van der Waals surface area contributed by atoms with Crippen molar-refractivity contribution in [2.75, 3.05) is 12.3 Å². The molecule has 0 radical (unpaired) electrons. The zero-order valence-corrected chi connectivity index (χ0v) is 10.0. The van der Waals surface area contributed by atoms with Crippen LogP contribution in [-0.2, 0) is 6.42 Å². The SMILES string of the molecule is Nc1nc(-c2ccc3c(c2)CCO3)c(Br)[nH]1. The van der Waals surface area contributed by atoms with Crippen molar-refractivity contribution in [3.05, 3.63) is 28.4 Å². The van der Waals surface area contributed by atoms with Gasteiger partial charge in [0.05, 0.1) is 6.61 Å². The number of H-pyrrole nitrogens is 1. The Labute approximate surface area is 101 Å². The third kappa shape index (κ3) is 1.48. The van der Waals surface area contributed by atoms with Crippen LogP contribution in [0.5, 0.6) is 5.75 Å². The highest BCUT2D eigenvalue weighted by atomic mass is 79.9. The van der Waals surface area contributed by atoms with Crippen LogP contribution in [0.2, 0.25) is 0 Å². The number of hydrogen-bond donors (Lipinski definition) is 2. The molecule has 0 saturated heterocycles. The van der Waals surface area contributed by atoms with Gasteiger partial charge < -0.3 is 15.5 Å². The first-order valence-corrected chi connectivity index (χ1v) is 5.80. The molecular weight excluding hydrogens is 270 g/mol. The van der Waals surface area contributed by atoms with Gasteiger partial charge in [-0.3, -0.25) is 0 Å². The summed E-state index contributed by atoms with van der Waals surface area (Å²) in [6.07, 6.45) is 0.959. The van der Waals surface area contributed by atoms with Crippen LogP contribution < -0.4 is 10.5 Å². The lowest BCUT2D eigenvalue weighted by Gasteiger charge is -2.01. The summed E-state index contributed by atoms with van der Waals surface area (Å²) in [6.45, 7) is 0.767. The Balaban J connectivity index is 2.10. The van der Waals surface area contributed by atoms with Crippen LogP contribution in [0.4, 0.5) is 5.95 Å². The molecule has 0 bridgehead atoms. The standard InChI is InChI=1S/C11H10BrN3O/c12-10-9(14-11(13)15-10)7-1-2-8-6(5-7)3-4-16-8/h1-2,5H,3-4H2,(H3,13,14,15). The first kappa shape index (κ1) is 9.72. The normalized spacial score (nSPS) is 13.6. The molecule has 1 aromatic carbocycles. The molecule has 3 rings (SSSR count). The minimum atomic E-state index is 0.415. The summed E-state index contributed by atoms with van der Waals surface area (Å²) < 4.78 is 6.27. The van der Waals surface area contributed by atoms with Crippen molar-refractivity contribution in [1.82, 2.24) is 9.97 Å². The predicted octanol–water partition coefficient (Wildman–Crippen LogP) is 2.36. The molecule has 0 atom stereocenters. The monoisotopic (exact) mass is 279 g/mol. The van der Waals surface area contributed by atoms with E-state index >= 15 is 0 Å². The van der Waals surface area contributed by atoms with Crippen molar-refractivity contribution < 1.29 is 4.74 Å². The third-order valence-corrected chi connectivity index (χ3v) is 3.21. The summed E-state index contributed by atoms with van der Waals surface area (Å²) in [5, 5.41) is 0. The van der Waals surface area contributed by atoms with Gasteiger partial charge in [-0.05, 0) is 39.7 Å². The molecule has 0 aliphatic carbocycles. The maximum Gasteiger partial charge on any atom is 0.198 e. The van der Waals surface area contributed by atoms with Crippen LogP contribution in [0.25, 0.3) is 11.3 Å².